The maximum atomic E-state index is 12.6. The Morgan fingerprint density at radius 1 is 1.09 bits per heavy atom. The van der Waals surface area contributed by atoms with E-state index in [-0.39, 0.29) is 16.4 Å². The summed E-state index contributed by atoms with van der Waals surface area (Å²) in [7, 11) is -3.86. The number of rotatable bonds is 5. The monoisotopic (exact) mass is 319 g/mol. The van der Waals surface area contributed by atoms with Gasteiger partial charge in [0.15, 0.2) is 0 Å². The molecule has 116 valence electrons. The minimum Gasteiger partial charge on any atom is -0.478 e. The maximum Gasteiger partial charge on any atom is 0.335 e. The lowest BCUT2D eigenvalue weighted by Crippen LogP contribution is -2.16. The molecule has 0 aliphatic rings. The predicted molar refractivity (Wildman–Crippen MR) is 84.7 cm³/mol. The van der Waals surface area contributed by atoms with Crippen molar-refractivity contribution < 1.29 is 18.3 Å². The Labute approximate surface area is 129 Å². The van der Waals surface area contributed by atoms with Gasteiger partial charge in [0.1, 0.15) is 0 Å². The molecule has 0 aromatic heterocycles. The number of sulfonamides is 1. The van der Waals surface area contributed by atoms with Crippen molar-refractivity contribution in [2.75, 3.05) is 4.72 Å². The van der Waals surface area contributed by atoms with E-state index in [2.05, 4.69) is 4.72 Å². The average molecular weight is 319 g/mol. The van der Waals surface area contributed by atoms with Crippen LogP contribution in [0.25, 0.3) is 0 Å². The van der Waals surface area contributed by atoms with Crippen LogP contribution in [0.5, 0.6) is 0 Å². The van der Waals surface area contributed by atoms with Gasteiger partial charge < -0.3 is 5.11 Å². The largest absolute Gasteiger partial charge is 0.478 e. The first-order valence-electron chi connectivity index (χ1n) is 6.76. The highest BCUT2D eigenvalue weighted by Crippen LogP contribution is 2.27. The van der Waals surface area contributed by atoms with Gasteiger partial charge in [0.05, 0.1) is 10.5 Å². The van der Waals surface area contributed by atoms with E-state index in [1.165, 1.54) is 12.1 Å². The number of benzene rings is 2. The second-order valence-corrected chi connectivity index (χ2v) is 6.83. The summed E-state index contributed by atoms with van der Waals surface area (Å²) < 4.78 is 27.7. The minimum absolute atomic E-state index is 0.00810. The van der Waals surface area contributed by atoms with Gasteiger partial charge in [-0.3, -0.25) is 4.72 Å². The Morgan fingerprint density at radius 3 is 2.27 bits per heavy atom. The fourth-order valence-corrected chi connectivity index (χ4v) is 3.55. The number of anilines is 1. The number of carbonyl (C=O) groups is 1. The van der Waals surface area contributed by atoms with E-state index in [0.29, 0.717) is 11.3 Å². The topological polar surface area (TPSA) is 83.5 Å². The molecule has 2 rings (SSSR count). The molecule has 0 amide bonds. The lowest BCUT2D eigenvalue weighted by Gasteiger charge is -2.15. The van der Waals surface area contributed by atoms with E-state index in [4.69, 9.17) is 5.11 Å². The highest BCUT2D eigenvalue weighted by atomic mass is 32.2. The van der Waals surface area contributed by atoms with Gasteiger partial charge in [0, 0.05) is 5.69 Å². The molecule has 2 aromatic carbocycles. The van der Waals surface area contributed by atoms with Crippen molar-refractivity contribution >= 4 is 21.7 Å². The van der Waals surface area contributed by atoms with Crippen molar-refractivity contribution in [1.29, 1.82) is 0 Å². The first kappa shape index (κ1) is 16.0. The third-order valence-corrected chi connectivity index (χ3v) is 4.64. The van der Waals surface area contributed by atoms with E-state index in [1.54, 1.807) is 36.4 Å². The van der Waals surface area contributed by atoms with Crippen LogP contribution in [0.3, 0.4) is 0 Å². The van der Waals surface area contributed by atoms with Gasteiger partial charge >= 0.3 is 5.97 Å². The normalized spacial score (nSPS) is 11.4. The lowest BCUT2D eigenvalue weighted by molar-refractivity contribution is 0.0696. The van der Waals surface area contributed by atoms with Crippen LogP contribution in [0.15, 0.2) is 53.4 Å². The third kappa shape index (κ3) is 3.46. The Bertz CT molecular complexity index is 783. The molecule has 0 radical (unpaired) electrons. The Kier molecular flexibility index (Phi) is 4.51. The van der Waals surface area contributed by atoms with Crippen molar-refractivity contribution in [3.63, 3.8) is 0 Å². The summed E-state index contributed by atoms with van der Waals surface area (Å²) in [6, 6.07) is 12.6. The van der Waals surface area contributed by atoms with E-state index in [0.717, 1.165) is 0 Å². The molecule has 0 saturated carbocycles. The maximum absolute atomic E-state index is 12.6. The van der Waals surface area contributed by atoms with Gasteiger partial charge in [0.25, 0.3) is 10.0 Å². The molecule has 0 aliphatic heterocycles. The summed E-state index contributed by atoms with van der Waals surface area (Å²) in [5.74, 6) is -1.21. The number of carboxylic acids is 1. The average Bonchev–Trinajstić information content (AvgIpc) is 2.47. The lowest BCUT2D eigenvalue weighted by atomic mass is 10.0. The molecule has 0 atom stereocenters. The van der Waals surface area contributed by atoms with Crippen LogP contribution < -0.4 is 4.72 Å². The molecule has 0 saturated heterocycles. The summed E-state index contributed by atoms with van der Waals surface area (Å²) in [6.45, 7) is 3.72. The molecule has 5 nitrogen and oxygen atoms in total. The zero-order valence-corrected chi connectivity index (χ0v) is 13.1. The van der Waals surface area contributed by atoms with Crippen molar-refractivity contribution in [2.45, 2.75) is 24.7 Å². The highest BCUT2D eigenvalue weighted by molar-refractivity contribution is 7.92. The fraction of sp³-hybridized carbons (Fsp3) is 0.188. The van der Waals surface area contributed by atoms with Crippen LogP contribution in [-0.2, 0) is 10.0 Å². The van der Waals surface area contributed by atoms with Gasteiger partial charge in [-0.15, -0.1) is 0 Å². The van der Waals surface area contributed by atoms with Crippen LogP contribution in [0.1, 0.15) is 35.7 Å². The van der Waals surface area contributed by atoms with Crippen molar-refractivity contribution in [2.24, 2.45) is 0 Å². The molecular formula is C16H17NO4S. The molecule has 0 spiro atoms. The molecule has 0 fully saturated rings. The van der Waals surface area contributed by atoms with E-state index < -0.39 is 16.0 Å². The van der Waals surface area contributed by atoms with Gasteiger partial charge in [-0.05, 0) is 35.7 Å². The first-order valence-corrected chi connectivity index (χ1v) is 8.24. The summed E-state index contributed by atoms with van der Waals surface area (Å²) in [4.78, 5) is 11.1. The van der Waals surface area contributed by atoms with Gasteiger partial charge in [-0.25, -0.2) is 13.2 Å². The summed E-state index contributed by atoms with van der Waals surface area (Å²) >= 11 is 0. The minimum atomic E-state index is -3.86. The van der Waals surface area contributed by atoms with Crippen molar-refractivity contribution in [3.8, 4) is 0 Å². The van der Waals surface area contributed by atoms with Crippen molar-refractivity contribution in [1.82, 2.24) is 0 Å². The number of carboxylic acid groups (broad SMARTS) is 1. The molecule has 2 aromatic rings. The van der Waals surface area contributed by atoms with Crippen LogP contribution in [0.2, 0.25) is 0 Å². The summed E-state index contributed by atoms with van der Waals surface area (Å²) in [5, 5.41) is 9.08. The summed E-state index contributed by atoms with van der Waals surface area (Å²) in [5.41, 5.74) is 0.948. The third-order valence-electron chi connectivity index (χ3n) is 3.20. The first-order chi connectivity index (χ1) is 10.3. The molecule has 0 bridgehead atoms. The quantitative estimate of drug-likeness (QED) is 0.885. The summed E-state index contributed by atoms with van der Waals surface area (Å²) in [6.07, 6.45) is 0. The molecular weight excluding hydrogens is 302 g/mol. The smallest absolute Gasteiger partial charge is 0.335 e. The number of nitrogens with one attached hydrogen (secondary N) is 1. The van der Waals surface area contributed by atoms with E-state index >= 15 is 0 Å². The molecule has 2 N–H and O–H groups in total. The standard InChI is InChI=1S/C16H17NO4S/c1-11(2)14-9-8-12(16(18)19)10-15(14)22(20,21)17-13-6-4-3-5-7-13/h3-11,17H,1-2H3,(H,18,19). The number of aromatic carboxylic acids is 1. The van der Waals surface area contributed by atoms with Gasteiger partial charge in [-0.2, -0.15) is 0 Å². The number of para-hydroxylation sites is 1. The highest BCUT2D eigenvalue weighted by Gasteiger charge is 2.22. The second-order valence-electron chi connectivity index (χ2n) is 5.18. The fourth-order valence-electron chi connectivity index (χ4n) is 2.09. The van der Waals surface area contributed by atoms with Gasteiger partial charge in [-0.1, -0.05) is 38.1 Å². The molecule has 0 heterocycles. The zero-order valence-electron chi connectivity index (χ0n) is 12.3. The second kappa shape index (κ2) is 6.19. The predicted octanol–water partition coefficient (Wildman–Crippen LogP) is 3.31. The Morgan fingerprint density at radius 2 is 1.73 bits per heavy atom. The van der Waals surface area contributed by atoms with Crippen molar-refractivity contribution in [3.05, 3.63) is 59.7 Å². The zero-order chi connectivity index (χ0) is 16.3. The molecule has 22 heavy (non-hydrogen) atoms. The number of hydrogen-bond donors (Lipinski definition) is 2. The SMILES string of the molecule is CC(C)c1ccc(C(=O)O)cc1S(=O)(=O)Nc1ccccc1. The van der Waals surface area contributed by atoms with Crippen LogP contribution >= 0.6 is 0 Å². The van der Waals surface area contributed by atoms with Crippen LogP contribution in [0.4, 0.5) is 5.69 Å². The van der Waals surface area contributed by atoms with Crippen LogP contribution in [-0.4, -0.2) is 19.5 Å². The van der Waals surface area contributed by atoms with Gasteiger partial charge in [0.2, 0.25) is 0 Å². The van der Waals surface area contributed by atoms with E-state index in [9.17, 15) is 13.2 Å². The number of hydrogen-bond acceptors (Lipinski definition) is 3. The molecule has 0 unspecified atom stereocenters. The van der Waals surface area contributed by atoms with Crippen LogP contribution in [0, 0.1) is 0 Å². The Hall–Kier alpha value is -2.34. The molecule has 6 heteroatoms. The Balaban J connectivity index is 2.53. The van der Waals surface area contributed by atoms with E-state index in [1.807, 2.05) is 13.8 Å². The molecule has 0 aliphatic carbocycles.